The quantitative estimate of drug-likeness (QED) is 0.755. The molecule has 19 heavy (non-hydrogen) atoms. The number of urea groups is 1. The summed E-state index contributed by atoms with van der Waals surface area (Å²) < 4.78 is 5.21. The van der Waals surface area contributed by atoms with Gasteiger partial charge in [0.25, 0.3) is 0 Å². The largest absolute Gasteiger partial charge is 0.396 e. The molecule has 0 aliphatic carbocycles. The van der Waals surface area contributed by atoms with Crippen molar-refractivity contribution in [1.29, 1.82) is 0 Å². The summed E-state index contributed by atoms with van der Waals surface area (Å²) in [5.41, 5.74) is 1.88. The summed E-state index contributed by atoms with van der Waals surface area (Å²) in [7, 11) is 0. The molecular formula is C14H20N2O3. The van der Waals surface area contributed by atoms with E-state index in [4.69, 9.17) is 9.84 Å². The van der Waals surface area contributed by atoms with Crippen LogP contribution in [0, 0.1) is 0 Å². The second-order valence-electron chi connectivity index (χ2n) is 4.69. The van der Waals surface area contributed by atoms with E-state index in [1.54, 1.807) is 0 Å². The second kappa shape index (κ2) is 7.11. The number of anilines is 1. The summed E-state index contributed by atoms with van der Waals surface area (Å²) in [5, 5.41) is 14.5. The SMILES string of the molecule is O=C(Nc1cccc(CCCO)c1)NC1CCOC1. The highest BCUT2D eigenvalue weighted by Crippen LogP contribution is 2.12. The first-order valence-corrected chi connectivity index (χ1v) is 6.63. The minimum atomic E-state index is -0.199. The minimum Gasteiger partial charge on any atom is -0.396 e. The Morgan fingerprint density at radius 2 is 2.37 bits per heavy atom. The van der Waals surface area contributed by atoms with E-state index in [1.807, 2.05) is 24.3 Å². The topological polar surface area (TPSA) is 70.6 Å². The molecule has 0 bridgehead atoms. The van der Waals surface area contributed by atoms with Crippen LogP contribution in [0.3, 0.4) is 0 Å². The summed E-state index contributed by atoms with van der Waals surface area (Å²) in [6.07, 6.45) is 2.41. The Kier molecular flexibility index (Phi) is 5.18. The predicted octanol–water partition coefficient (Wildman–Crippen LogP) is 1.52. The van der Waals surface area contributed by atoms with Gasteiger partial charge in [-0.3, -0.25) is 0 Å². The van der Waals surface area contributed by atoms with Crippen molar-refractivity contribution in [2.75, 3.05) is 25.1 Å². The first-order chi connectivity index (χ1) is 9.28. The fraction of sp³-hybridized carbons (Fsp3) is 0.500. The van der Waals surface area contributed by atoms with Crippen LogP contribution in [0.15, 0.2) is 24.3 Å². The van der Waals surface area contributed by atoms with Crippen molar-refractivity contribution in [3.05, 3.63) is 29.8 Å². The van der Waals surface area contributed by atoms with Gasteiger partial charge in [0, 0.05) is 18.9 Å². The van der Waals surface area contributed by atoms with Gasteiger partial charge in [-0.15, -0.1) is 0 Å². The number of aryl methyl sites for hydroxylation is 1. The smallest absolute Gasteiger partial charge is 0.319 e. The highest BCUT2D eigenvalue weighted by molar-refractivity contribution is 5.89. The van der Waals surface area contributed by atoms with E-state index < -0.39 is 0 Å². The Morgan fingerprint density at radius 1 is 1.47 bits per heavy atom. The van der Waals surface area contributed by atoms with Gasteiger partial charge in [0.1, 0.15) is 0 Å². The normalized spacial score (nSPS) is 18.3. The predicted molar refractivity (Wildman–Crippen MR) is 73.2 cm³/mol. The number of hydrogen-bond acceptors (Lipinski definition) is 3. The maximum Gasteiger partial charge on any atom is 0.319 e. The highest BCUT2D eigenvalue weighted by atomic mass is 16.5. The number of hydrogen-bond donors (Lipinski definition) is 3. The van der Waals surface area contributed by atoms with Crippen LogP contribution in [0.25, 0.3) is 0 Å². The summed E-state index contributed by atoms with van der Waals surface area (Å²) in [6.45, 7) is 1.48. The van der Waals surface area contributed by atoms with Crippen molar-refractivity contribution < 1.29 is 14.6 Å². The maximum absolute atomic E-state index is 11.8. The molecule has 3 N–H and O–H groups in total. The van der Waals surface area contributed by atoms with Crippen LogP contribution in [0.2, 0.25) is 0 Å². The molecule has 1 heterocycles. The second-order valence-corrected chi connectivity index (χ2v) is 4.69. The highest BCUT2D eigenvalue weighted by Gasteiger charge is 2.17. The van der Waals surface area contributed by atoms with E-state index in [2.05, 4.69) is 10.6 Å². The third-order valence-corrected chi connectivity index (χ3v) is 3.07. The molecule has 0 spiro atoms. The zero-order valence-corrected chi connectivity index (χ0v) is 10.9. The van der Waals surface area contributed by atoms with Gasteiger partial charge in [0.15, 0.2) is 0 Å². The lowest BCUT2D eigenvalue weighted by atomic mass is 10.1. The fourth-order valence-corrected chi connectivity index (χ4v) is 2.09. The third-order valence-electron chi connectivity index (χ3n) is 3.07. The Morgan fingerprint density at radius 3 is 3.11 bits per heavy atom. The van der Waals surface area contributed by atoms with Crippen molar-refractivity contribution in [2.24, 2.45) is 0 Å². The summed E-state index contributed by atoms with van der Waals surface area (Å²) in [5.74, 6) is 0. The molecule has 1 aromatic rings. The molecule has 0 aromatic heterocycles. The number of ether oxygens (including phenoxy) is 1. The number of aliphatic hydroxyl groups excluding tert-OH is 1. The molecule has 1 fully saturated rings. The van der Waals surface area contributed by atoms with Crippen molar-refractivity contribution in [3.63, 3.8) is 0 Å². The van der Waals surface area contributed by atoms with E-state index in [-0.39, 0.29) is 18.7 Å². The first-order valence-electron chi connectivity index (χ1n) is 6.63. The first kappa shape index (κ1) is 13.8. The number of carbonyl (C=O) groups excluding carboxylic acids is 1. The van der Waals surface area contributed by atoms with Gasteiger partial charge >= 0.3 is 6.03 Å². The number of rotatable bonds is 5. The molecule has 0 radical (unpaired) electrons. The van der Waals surface area contributed by atoms with Gasteiger partial charge in [-0.25, -0.2) is 4.79 Å². The van der Waals surface area contributed by atoms with Crippen molar-refractivity contribution in [1.82, 2.24) is 5.32 Å². The Bertz CT molecular complexity index is 417. The summed E-state index contributed by atoms with van der Waals surface area (Å²) in [4.78, 5) is 11.8. The van der Waals surface area contributed by atoms with Crippen molar-refractivity contribution in [3.8, 4) is 0 Å². The molecule has 2 rings (SSSR count). The van der Waals surface area contributed by atoms with Gasteiger partial charge < -0.3 is 20.5 Å². The zero-order chi connectivity index (χ0) is 13.5. The molecule has 104 valence electrons. The summed E-state index contributed by atoms with van der Waals surface area (Å²) >= 11 is 0. The van der Waals surface area contributed by atoms with Gasteiger partial charge in [-0.1, -0.05) is 12.1 Å². The van der Waals surface area contributed by atoms with E-state index >= 15 is 0 Å². The molecule has 2 amide bonds. The average Bonchev–Trinajstić information content (AvgIpc) is 2.89. The number of nitrogens with one attached hydrogen (secondary N) is 2. The van der Waals surface area contributed by atoms with Crippen LogP contribution >= 0.6 is 0 Å². The third kappa shape index (κ3) is 4.54. The monoisotopic (exact) mass is 264 g/mol. The van der Waals surface area contributed by atoms with Crippen LogP contribution in [0.1, 0.15) is 18.4 Å². The van der Waals surface area contributed by atoms with Crippen LogP contribution in [0.4, 0.5) is 10.5 Å². The Labute approximate surface area is 113 Å². The lowest BCUT2D eigenvalue weighted by molar-refractivity contribution is 0.189. The lowest BCUT2D eigenvalue weighted by Crippen LogP contribution is -2.38. The molecule has 5 nitrogen and oxygen atoms in total. The Hall–Kier alpha value is -1.59. The lowest BCUT2D eigenvalue weighted by Gasteiger charge is -2.12. The molecule has 5 heteroatoms. The van der Waals surface area contributed by atoms with E-state index in [1.165, 1.54) is 0 Å². The maximum atomic E-state index is 11.8. The van der Waals surface area contributed by atoms with Gasteiger partial charge in [-0.05, 0) is 37.0 Å². The fourth-order valence-electron chi connectivity index (χ4n) is 2.09. The van der Waals surface area contributed by atoms with Gasteiger partial charge in [0.2, 0.25) is 0 Å². The van der Waals surface area contributed by atoms with Crippen LogP contribution in [0.5, 0.6) is 0 Å². The van der Waals surface area contributed by atoms with Crippen LogP contribution < -0.4 is 10.6 Å². The number of aliphatic hydroxyl groups is 1. The zero-order valence-electron chi connectivity index (χ0n) is 10.9. The molecule has 1 unspecified atom stereocenters. The van der Waals surface area contributed by atoms with Crippen molar-refractivity contribution in [2.45, 2.75) is 25.3 Å². The van der Waals surface area contributed by atoms with Crippen molar-refractivity contribution >= 4 is 11.7 Å². The molecule has 1 aliphatic heterocycles. The number of carbonyl (C=O) groups is 1. The number of benzene rings is 1. The molecule has 0 saturated carbocycles. The molecular weight excluding hydrogens is 244 g/mol. The van der Waals surface area contributed by atoms with E-state index in [0.29, 0.717) is 13.2 Å². The van der Waals surface area contributed by atoms with Crippen LogP contribution in [-0.2, 0) is 11.2 Å². The minimum absolute atomic E-state index is 0.109. The van der Waals surface area contributed by atoms with E-state index in [9.17, 15) is 4.79 Å². The van der Waals surface area contributed by atoms with Crippen LogP contribution in [-0.4, -0.2) is 37.0 Å². The molecule has 1 saturated heterocycles. The molecule has 1 aliphatic rings. The van der Waals surface area contributed by atoms with E-state index in [0.717, 1.165) is 30.5 Å². The molecule has 1 aromatic carbocycles. The average molecular weight is 264 g/mol. The Balaban J connectivity index is 1.85. The number of amides is 2. The van der Waals surface area contributed by atoms with Gasteiger partial charge in [0.05, 0.1) is 12.6 Å². The molecule has 1 atom stereocenters. The van der Waals surface area contributed by atoms with Gasteiger partial charge in [-0.2, -0.15) is 0 Å². The standard InChI is InChI=1S/C14H20N2O3/c17-7-2-4-11-3-1-5-12(9-11)15-14(18)16-13-6-8-19-10-13/h1,3,5,9,13,17H,2,4,6-8,10H2,(H2,15,16,18). The summed E-state index contributed by atoms with van der Waals surface area (Å²) in [6, 6.07) is 7.59.